The number of aromatic nitrogens is 3. The van der Waals surface area contributed by atoms with E-state index in [0.717, 1.165) is 37.7 Å². The van der Waals surface area contributed by atoms with Crippen LogP contribution in [-0.4, -0.2) is 48.4 Å². The van der Waals surface area contributed by atoms with Crippen molar-refractivity contribution in [1.82, 2.24) is 19.1 Å². The lowest BCUT2D eigenvalue weighted by atomic mass is 9.95. The fourth-order valence-corrected chi connectivity index (χ4v) is 7.69. The minimum Gasteiger partial charge on any atom is -0.384 e. The second-order valence-electron chi connectivity index (χ2n) is 11.2. The van der Waals surface area contributed by atoms with Gasteiger partial charge in [0.15, 0.2) is 5.82 Å². The average molecular weight is 541 g/mol. The lowest BCUT2D eigenvalue weighted by molar-refractivity contribution is 0.0870. The largest absolute Gasteiger partial charge is 0.384 e. The number of ether oxygens (including phenoxy) is 1. The number of nitrogens with zero attached hydrogens (tertiary/aromatic N) is 4. The van der Waals surface area contributed by atoms with E-state index in [-0.39, 0.29) is 22.9 Å². The molecule has 38 heavy (non-hydrogen) atoms. The van der Waals surface area contributed by atoms with Crippen molar-refractivity contribution < 1.29 is 13.8 Å². The molecule has 4 N–H and O–H groups in total. The van der Waals surface area contributed by atoms with E-state index < -0.39 is 10.8 Å². The molecular weight excluding hydrogens is 504 g/mol. The van der Waals surface area contributed by atoms with E-state index in [1.54, 1.807) is 29.7 Å². The van der Waals surface area contributed by atoms with Crippen molar-refractivity contribution in [2.75, 3.05) is 25.6 Å². The molecule has 1 aliphatic heterocycles. The van der Waals surface area contributed by atoms with Crippen LogP contribution in [0.1, 0.15) is 57.6 Å². The van der Waals surface area contributed by atoms with Crippen molar-refractivity contribution in [2.45, 2.75) is 63.4 Å². The Morgan fingerprint density at radius 1 is 1.26 bits per heavy atom. The maximum absolute atomic E-state index is 12.9. The zero-order valence-corrected chi connectivity index (χ0v) is 22.9. The van der Waals surface area contributed by atoms with Gasteiger partial charge in [-0.3, -0.25) is 18.6 Å². The summed E-state index contributed by atoms with van der Waals surface area (Å²) >= 11 is 0. The Bertz CT molecular complexity index is 1430. The zero-order chi connectivity index (χ0) is 27.1. The number of hydrogen-bond donors (Lipinski definition) is 4. The molecule has 0 bridgehead atoms. The highest BCUT2D eigenvalue weighted by atomic mass is 32.3. The molecule has 204 valence electrons. The molecule has 2 aliphatic rings. The maximum atomic E-state index is 12.9. The SMILES string of the molecule is COCC(C)(C)CN1Cc2cc(Nc3nn(C4CCCCCC4C#N)c4cc[nH]c(=O)c34)ccc2S1(O)O. The van der Waals surface area contributed by atoms with Gasteiger partial charge in [-0.25, -0.2) is 0 Å². The first-order valence-electron chi connectivity index (χ1n) is 13.1. The van der Waals surface area contributed by atoms with Crippen molar-refractivity contribution in [3.8, 4) is 6.07 Å². The number of benzene rings is 1. The van der Waals surface area contributed by atoms with E-state index in [0.29, 0.717) is 47.0 Å². The van der Waals surface area contributed by atoms with E-state index in [1.807, 2.05) is 30.7 Å². The normalized spacial score (nSPS) is 22.5. The van der Waals surface area contributed by atoms with Gasteiger partial charge in [0.25, 0.3) is 5.56 Å². The van der Waals surface area contributed by atoms with Crippen molar-refractivity contribution in [3.05, 3.63) is 46.4 Å². The Morgan fingerprint density at radius 3 is 2.82 bits per heavy atom. The highest BCUT2D eigenvalue weighted by Crippen LogP contribution is 2.59. The lowest BCUT2D eigenvalue weighted by Crippen LogP contribution is -2.35. The van der Waals surface area contributed by atoms with Crippen LogP contribution in [0.15, 0.2) is 40.2 Å². The summed E-state index contributed by atoms with van der Waals surface area (Å²) in [6, 6.07) is 9.61. The number of hydrogen-bond acceptors (Lipinski definition) is 8. The van der Waals surface area contributed by atoms with E-state index in [2.05, 4.69) is 16.4 Å². The highest BCUT2D eigenvalue weighted by molar-refractivity contribution is 8.22. The fraction of sp³-hybridized carbons (Fsp3) is 0.519. The smallest absolute Gasteiger partial charge is 0.261 e. The number of pyridine rings is 1. The van der Waals surface area contributed by atoms with E-state index in [9.17, 15) is 19.2 Å². The van der Waals surface area contributed by atoms with Crippen LogP contribution in [0.25, 0.3) is 10.9 Å². The minimum atomic E-state index is -3.11. The van der Waals surface area contributed by atoms with Gasteiger partial charge >= 0.3 is 0 Å². The third-order valence-electron chi connectivity index (χ3n) is 7.55. The van der Waals surface area contributed by atoms with Gasteiger partial charge in [-0.1, -0.05) is 33.1 Å². The molecule has 0 radical (unpaired) electrons. The van der Waals surface area contributed by atoms with Crippen LogP contribution >= 0.6 is 10.8 Å². The third-order valence-corrected chi connectivity index (χ3v) is 9.52. The number of nitrogens with one attached hydrogen (secondary N) is 2. The van der Waals surface area contributed by atoms with Gasteiger partial charge < -0.3 is 15.0 Å². The first-order chi connectivity index (χ1) is 18.1. The van der Waals surface area contributed by atoms with Crippen molar-refractivity contribution in [3.63, 3.8) is 0 Å². The maximum Gasteiger partial charge on any atom is 0.261 e. The van der Waals surface area contributed by atoms with Crippen LogP contribution in [0.4, 0.5) is 11.5 Å². The third kappa shape index (κ3) is 4.95. The molecule has 0 amide bonds. The fourth-order valence-electron chi connectivity index (χ4n) is 5.83. The van der Waals surface area contributed by atoms with Gasteiger partial charge in [-0.2, -0.15) is 14.7 Å². The van der Waals surface area contributed by atoms with E-state index in [4.69, 9.17) is 9.84 Å². The van der Waals surface area contributed by atoms with Crippen molar-refractivity contribution in [2.24, 2.45) is 11.3 Å². The molecule has 0 saturated heterocycles. The molecule has 1 saturated carbocycles. The number of rotatable bonds is 7. The van der Waals surface area contributed by atoms with Crippen LogP contribution in [-0.2, 0) is 11.3 Å². The number of nitriles is 1. The molecule has 1 aromatic carbocycles. The van der Waals surface area contributed by atoms with E-state index in [1.165, 1.54) is 0 Å². The first-order valence-corrected chi connectivity index (χ1v) is 14.6. The Morgan fingerprint density at radius 2 is 2.05 bits per heavy atom. The van der Waals surface area contributed by atoms with Gasteiger partial charge in [-0.15, -0.1) is 10.8 Å². The summed E-state index contributed by atoms with van der Waals surface area (Å²) < 4.78 is 30.9. The molecule has 2 unspecified atom stereocenters. The van der Waals surface area contributed by atoms with Gasteiger partial charge in [0.1, 0.15) is 5.39 Å². The molecule has 10 nitrogen and oxygen atoms in total. The Kier molecular flexibility index (Phi) is 7.28. The second-order valence-corrected chi connectivity index (χ2v) is 13.2. The van der Waals surface area contributed by atoms with Gasteiger partial charge in [-0.05, 0) is 42.7 Å². The molecule has 11 heteroatoms. The molecule has 1 aliphatic carbocycles. The Hall–Kier alpha value is -2.88. The van der Waals surface area contributed by atoms with Crippen LogP contribution in [0.3, 0.4) is 0 Å². The summed E-state index contributed by atoms with van der Waals surface area (Å²) in [5.74, 6) is 0.261. The van der Waals surface area contributed by atoms with Crippen LogP contribution in [0, 0.1) is 22.7 Å². The standard InChI is InChI=1S/C27H36N6O4S/c1-27(2,17-37-3)16-32-15-19-13-20(9-10-23(19)38(32,35)36)30-25-24-22(11-12-29-26(24)34)33(31-25)21-8-6-4-5-7-18(21)14-28/h9-13,18,21,35-36H,4-8,15-17H2,1-3H3,(H,29,34)(H,30,31). The van der Waals surface area contributed by atoms with Crippen LogP contribution in [0.5, 0.6) is 0 Å². The summed E-state index contributed by atoms with van der Waals surface area (Å²) in [6.45, 7) is 5.42. The van der Waals surface area contributed by atoms with Crippen molar-refractivity contribution in [1.29, 1.82) is 5.26 Å². The predicted molar refractivity (Wildman–Crippen MR) is 148 cm³/mol. The number of aromatic amines is 1. The molecule has 5 rings (SSSR count). The number of fused-ring (bicyclic) bond motifs is 2. The predicted octanol–water partition coefficient (Wildman–Crippen LogP) is 5.63. The van der Waals surface area contributed by atoms with Crippen molar-refractivity contribution >= 4 is 33.2 Å². The van der Waals surface area contributed by atoms with Crippen LogP contribution < -0.4 is 10.9 Å². The summed E-state index contributed by atoms with van der Waals surface area (Å²) in [7, 11) is -1.47. The second kappa shape index (κ2) is 10.4. The summed E-state index contributed by atoms with van der Waals surface area (Å²) in [5.41, 5.74) is 1.71. The Balaban J connectivity index is 1.48. The highest BCUT2D eigenvalue weighted by Gasteiger charge is 2.38. The minimum absolute atomic E-state index is 0.0978. The Labute approximate surface area is 224 Å². The summed E-state index contributed by atoms with van der Waals surface area (Å²) in [5, 5.41) is 18.4. The van der Waals surface area contributed by atoms with Gasteiger partial charge in [0.05, 0.1) is 35.0 Å². The molecule has 2 aromatic heterocycles. The zero-order valence-electron chi connectivity index (χ0n) is 22.1. The molecular formula is C27H36N6O4S. The molecule has 0 spiro atoms. The van der Waals surface area contributed by atoms with Gasteiger partial charge in [0, 0.05) is 37.5 Å². The topological polar surface area (TPSA) is 139 Å². The average Bonchev–Trinajstić information content (AvgIpc) is 3.21. The number of methoxy groups -OCH3 is 1. The number of anilines is 2. The molecule has 3 aromatic rings. The summed E-state index contributed by atoms with van der Waals surface area (Å²) in [6.07, 6.45) is 6.41. The monoisotopic (exact) mass is 540 g/mol. The first kappa shape index (κ1) is 26.7. The summed E-state index contributed by atoms with van der Waals surface area (Å²) in [4.78, 5) is 16.2. The van der Waals surface area contributed by atoms with Crippen LogP contribution in [0.2, 0.25) is 0 Å². The quantitative estimate of drug-likeness (QED) is 0.283. The van der Waals surface area contributed by atoms with Gasteiger partial charge in [0.2, 0.25) is 0 Å². The molecule has 1 fully saturated rings. The van der Waals surface area contributed by atoms with E-state index >= 15 is 0 Å². The molecule has 2 atom stereocenters. The lowest BCUT2D eigenvalue weighted by Gasteiger charge is -2.41. The number of H-pyrrole nitrogens is 1. The molecule has 3 heterocycles.